The zero-order valence-corrected chi connectivity index (χ0v) is 12.3. The van der Waals surface area contributed by atoms with Crippen LogP contribution in [0.2, 0.25) is 0 Å². The summed E-state index contributed by atoms with van der Waals surface area (Å²) in [6.07, 6.45) is 1.58. The topological polar surface area (TPSA) is 81.4 Å². The summed E-state index contributed by atoms with van der Waals surface area (Å²) in [4.78, 5) is 23.3. The zero-order chi connectivity index (χ0) is 15.7. The minimum atomic E-state index is -0.693. The summed E-state index contributed by atoms with van der Waals surface area (Å²) in [5.74, 6) is 5.17. The molecule has 0 bridgehead atoms. The lowest BCUT2D eigenvalue weighted by Gasteiger charge is -2.11. The molecule has 1 amide bonds. The number of nitrogens with two attached hydrogens (primary N) is 1. The predicted molar refractivity (Wildman–Crippen MR) is 80.6 cm³/mol. The predicted octanol–water partition coefficient (Wildman–Crippen LogP) is 1.07. The van der Waals surface area contributed by atoms with Gasteiger partial charge in [-0.3, -0.25) is 4.79 Å². The van der Waals surface area contributed by atoms with E-state index in [0.717, 1.165) is 18.4 Å². The molecule has 0 aliphatic heterocycles. The molecular formula is C16H20N2O3. The third kappa shape index (κ3) is 5.67. The van der Waals surface area contributed by atoms with E-state index in [9.17, 15) is 9.59 Å². The Balaban J connectivity index is 2.72. The standard InChI is InChI=1S/C16H20N2O3/c1-12(16(20)21-2)18-15(19)14-9-6-8-13(11-14)7-4-3-5-10-17/h6,8-9,11-12H,3,5,10,17H2,1-2H3,(H,18,19)/t12-/m1/s1. The lowest BCUT2D eigenvalue weighted by Crippen LogP contribution is -2.39. The van der Waals surface area contributed by atoms with Crippen LogP contribution in [0.1, 0.15) is 35.7 Å². The van der Waals surface area contributed by atoms with Crippen molar-refractivity contribution in [1.29, 1.82) is 0 Å². The fourth-order valence-corrected chi connectivity index (χ4v) is 1.61. The van der Waals surface area contributed by atoms with Crippen LogP contribution in [0.4, 0.5) is 0 Å². The third-order valence-electron chi connectivity index (χ3n) is 2.77. The molecule has 3 N–H and O–H groups in total. The highest BCUT2D eigenvalue weighted by atomic mass is 16.5. The molecule has 1 aromatic rings. The maximum atomic E-state index is 12.0. The Morgan fingerprint density at radius 3 is 2.86 bits per heavy atom. The first-order valence-corrected chi connectivity index (χ1v) is 6.76. The van der Waals surface area contributed by atoms with E-state index in [2.05, 4.69) is 21.9 Å². The van der Waals surface area contributed by atoms with Gasteiger partial charge in [0.1, 0.15) is 6.04 Å². The number of nitrogens with one attached hydrogen (secondary N) is 1. The zero-order valence-electron chi connectivity index (χ0n) is 12.3. The SMILES string of the molecule is COC(=O)[C@@H](C)NC(=O)c1cccc(C#CCCCN)c1. The highest BCUT2D eigenvalue weighted by Gasteiger charge is 2.16. The van der Waals surface area contributed by atoms with E-state index >= 15 is 0 Å². The van der Waals surface area contributed by atoms with Crippen LogP contribution in [0.3, 0.4) is 0 Å². The summed E-state index contributed by atoms with van der Waals surface area (Å²) in [6, 6.07) is 6.25. The molecule has 0 saturated heterocycles. The molecule has 0 fully saturated rings. The van der Waals surface area contributed by atoms with Crippen molar-refractivity contribution in [2.24, 2.45) is 5.73 Å². The van der Waals surface area contributed by atoms with Gasteiger partial charge in [-0.1, -0.05) is 17.9 Å². The van der Waals surface area contributed by atoms with Gasteiger partial charge < -0.3 is 15.8 Å². The molecule has 0 aliphatic rings. The number of ether oxygens (including phenoxy) is 1. The Labute approximate surface area is 124 Å². The van der Waals surface area contributed by atoms with E-state index in [1.54, 1.807) is 25.1 Å². The van der Waals surface area contributed by atoms with Gasteiger partial charge in [0.25, 0.3) is 5.91 Å². The van der Waals surface area contributed by atoms with Crippen molar-refractivity contribution in [3.05, 3.63) is 35.4 Å². The molecule has 1 rings (SSSR count). The van der Waals surface area contributed by atoms with Gasteiger partial charge in [-0.25, -0.2) is 4.79 Å². The molecule has 5 heteroatoms. The fraction of sp³-hybridized carbons (Fsp3) is 0.375. The minimum absolute atomic E-state index is 0.335. The number of carbonyl (C=O) groups is 2. The monoisotopic (exact) mass is 288 g/mol. The van der Waals surface area contributed by atoms with Gasteiger partial charge in [0.15, 0.2) is 0 Å². The van der Waals surface area contributed by atoms with Crippen molar-refractivity contribution in [2.75, 3.05) is 13.7 Å². The molecule has 1 aromatic carbocycles. The number of amides is 1. The molecule has 0 aliphatic carbocycles. The highest BCUT2D eigenvalue weighted by Crippen LogP contribution is 2.05. The number of hydrogen-bond donors (Lipinski definition) is 2. The van der Waals surface area contributed by atoms with E-state index in [0.29, 0.717) is 12.1 Å². The second kappa shape index (κ2) is 8.77. The van der Waals surface area contributed by atoms with Crippen molar-refractivity contribution in [3.8, 4) is 11.8 Å². The number of carbonyl (C=O) groups excluding carboxylic acids is 2. The molecule has 0 heterocycles. The van der Waals surface area contributed by atoms with Crippen LogP contribution < -0.4 is 11.1 Å². The summed E-state index contributed by atoms with van der Waals surface area (Å²) < 4.78 is 4.56. The third-order valence-corrected chi connectivity index (χ3v) is 2.77. The number of hydrogen-bond acceptors (Lipinski definition) is 4. The Morgan fingerprint density at radius 2 is 2.19 bits per heavy atom. The van der Waals surface area contributed by atoms with E-state index in [4.69, 9.17) is 5.73 Å². The summed E-state index contributed by atoms with van der Waals surface area (Å²) in [5.41, 5.74) is 6.61. The summed E-state index contributed by atoms with van der Waals surface area (Å²) in [5, 5.41) is 2.57. The largest absolute Gasteiger partial charge is 0.467 e. The molecule has 0 spiro atoms. The van der Waals surface area contributed by atoms with Crippen molar-refractivity contribution >= 4 is 11.9 Å². The van der Waals surface area contributed by atoms with Crippen molar-refractivity contribution in [2.45, 2.75) is 25.8 Å². The average molecular weight is 288 g/mol. The van der Waals surface area contributed by atoms with Gasteiger partial charge in [0.05, 0.1) is 7.11 Å². The van der Waals surface area contributed by atoms with Gasteiger partial charge in [-0.2, -0.15) is 0 Å². The van der Waals surface area contributed by atoms with E-state index in [1.807, 2.05) is 6.07 Å². The van der Waals surface area contributed by atoms with Crippen LogP contribution in [-0.4, -0.2) is 31.6 Å². The molecule has 0 radical (unpaired) electrons. The van der Waals surface area contributed by atoms with Gasteiger partial charge in [0.2, 0.25) is 0 Å². The quantitative estimate of drug-likeness (QED) is 0.482. The Kier molecular flexibility index (Phi) is 6.99. The summed E-state index contributed by atoms with van der Waals surface area (Å²) in [6.45, 7) is 2.18. The van der Waals surface area contributed by atoms with E-state index in [-0.39, 0.29) is 5.91 Å². The van der Waals surface area contributed by atoms with Gasteiger partial charge in [-0.05, 0) is 38.1 Å². The number of methoxy groups -OCH3 is 1. The number of unbranched alkanes of at least 4 members (excludes halogenated alkanes) is 1. The van der Waals surface area contributed by atoms with Crippen LogP contribution in [0, 0.1) is 11.8 Å². The number of rotatable bonds is 5. The molecule has 21 heavy (non-hydrogen) atoms. The van der Waals surface area contributed by atoms with Crippen LogP contribution in [0.5, 0.6) is 0 Å². The van der Waals surface area contributed by atoms with Crippen molar-refractivity contribution in [3.63, 3.8) is 0 Å². The number of benzene rings is 1. The smallest absolute Gasteiger partial charge is 0.328 e. The molecule has 0 aromatic heterocycles. The maximum absolute atomic E-state index is 12.0. The number of esters is 1. The summed E-state index contributed by atoms with van der Waals surface area (Å²) in [7, 11) is 1.28. The Morgan fingerprint density at radius 1 is 1.43 bits per heavy atom. The van der Waals surface area contributed by atoms with Crippen LogP contribution in [0.15, 0.2) is 24.3 Å². The van der Waals surface area contributed by atoms with Crippen LogP contribution >= 0.6 is 0 Å². The molecule has 0 saturated carbocycles. The lowest BCUT2D eigenvalue weighted by molar-refractivity contribution is -0.142. The van der Waals surface area contributed by atoms with Gasteiger partial charge in [-0.15, -0.1) is 0 Å². The Hall–Kier alpha value is -2.32. The highest BCUT2D eigenvalue weighted by molar-refractivity contribution is 5.96. The first kappa shape index (κ1) is 16.7. The van der Waals surface area contributed by atoms with Crippen LogP contribution in [0.25, 0.3) is 0 Å². The normalized spacial score (nSPS) is 11.0. The van der Waals surface area contributed by atoms with Crippen molar-refractivity contribution < 1.29 is 14.3 Å². The first-order valence-electron chi connectivity index (χ1n) is 6.76. The molecule has 0 unspecified atom stereocenters. The van der Waals surface area contributed by atoms with Gasteiger partial charge in [0, 0.05) is 17.5 Å². The Bertz CT molecular complexity index is 558. The minimum Gasteiger partial charge on any atom is -0.467 e. The molecule has 112 valence electrons. The second-order valence-electron chi connectivity index (χ2n) is 4.49. The fourth-order valence-electron chi connectivity index (χ4n) is 1.61. The second-order valence-corrected chi connectivity index (χ2v) is 4.49. The molecular weight excluding hydrogens is 268 g/mol. The average Bonchev–Trinajstić information content (AvgIpc) is 2.51. The molecule has 5 nitrogen and oxygen atoms in total. The van der Waals surface area contributed by atoms with Crippen LogP contribution in [-0.2, 0) is 9.53 Å². The van der Waals surface area contributed by atoms with Gasteiger partial charge >= 0.3 is 5.97 Å². The van der Waals surface area contributed by atoms with E-state index in [1.165, 1.54) is 7.11 Å². The van der Waals surface area contributed by atoms with E-state index < -0.39 is 12.0 Å². The molecule has 1 atom stereocenters. The summed E-state index contributed by atoms with van der Waals surface area (Å²) >= 11 is 0. The first-order chi connectivity index (χ1) is 10.1. The maximum Gasteiger partial charge on any atom is 0.328 e. The lowest BCUT2D eigenvalue weighted by atomic mass is 10.1. The van der Waals surface area contributed by atoms with Crippen molar-refractivity contribution in [1.82, 2.24) is 5.32 Å².